The molecule has 1 aromatic rings. The normalized spacial score (nSPS) is 20.8. The molecular formula is C11H15FN2O3S. The number of rotatable bonds is 2. The lowest BCUT2D eigenvalue weighted by atomic mass is 10.1. The zero-order valence-electron chi connectivity index (χ0n) is 10.3. The van der Waals surface area contributed by atoms with Gasteiger partial charge in [0.05, 0.1) is 18.8 Å². The van der Waals surface area contributed by atoms with E-state index in [4.69, 9.17) is 4.74 Å². The molecule has 0 bridgehead atoms. The average molecular weight is 274 g/mol. The van der Waals surface area contributed by atoms with Gasteiger partial charge in [-0.25, -0.2) is 17.8 Å². The van der Waals surface area contributed by atoms with E-state index in [0.717, 1.165) is 6.07 Å². The topological polar surface area (TPSA) is 59.5 Å². The number of ether oxygens (including phenoxy) is 1. The highest BCUT2D eigenvalue weighted by Crippen LogP contribution is 2.27. The third-order valence-electron chi connectivity index (χ3n) is 2.83. The zero-order chi connectivity index (χ0) is 13.4. The quantitative estimate of drug-likeness (QED) is 0.808. The minimum absolute atomic E-state index is 0.200. The molecule has 5 nitrogen and oxygen atoms in total. The second kappa shape index (κ2) is 4.56. The molecule has 0 radical (unpaired) electrons. The summed E-state index contributed by atoms with van der Waals surface area (Å²) in [4.78, 5) is 3.65. The smallest absolute Gasteiger partial charge is 0.264 e. The monoisotopic (exact) mass is 274 g/mol. The number of morpholine rings is 1. The Labute approximate surface area is 106 Å². The third kappa shape index (κ3) is 2.25. The zero-order valence-corrected chi connectivity index (χ0v) is 11.1. The van der Waals surface area contributed by atoms with Gasteiger partial charge in [-0.1, -0.05) is 0 Å². The maximum absolute atomic E-state index is 13.6. The molecule has 1 fully saturated rings. The molecule has 0 spiro atoms. The summed E-state index contributed by atoms with van der Waals surface area (Å²) in [6.07, 6.45) is 1.27. The van der Waals surface area contributed by atoms with Crippen LogP contribution < -0.4 is 0 Å². The van der Waals surface area contributed by atoms with Crippen molar-refractivity contribution in [2.24, 2.45) is 0 Å². The van der Waals surface area contributed by atoms with E-state index in [-0.39, 0.29) is 13.2 Å². The fourth-order valence-electron chi connectivity index (χ4n) is 1.95. The largest absolute Gasteiger partial charge is 0.378 e. The molecule has 0 aliphatic carbocycles. The third-order valence-corrected chi connectivity index (χ3v) is 4.87. The molecule has 1 aliphatic rings. The van der Waals surface area contributed by atoms with Crippen LogP contribution in [0.25, 0.3) is 0 Å². The minimum atomic E-state index is -3.93. The Hall–Kier alpha value is -1.05. The molecule has 1 aromatic heterocycles. The number of nitrogens with zero attached hydrogens (tertiary/aromatic N) is 2. The Bertz CT molecular complexity index is 545. The fourth-order valence-corrected chi connectivity index (χ4v) is 3.69. The lowest BCUT2D eigenvalue weighted by Gasteiger charge is -2.40. The number of aromatic nitrogens is 1. The molecule has 7 heteroatoms. The van der Waals surface area contributed by atoms with Gasteiger partial charge in [0.1, 0.15) is 0 Å². The summed E-state index contributed by atoms with van der Waals surface area (Å²) in [6, 6.07) is 2.45. The molecule has 100 valence electrons. The number of hydrogen-bond donors (Lipinski definition) is 0. The van der Waals surface area contributed by atoms with Crippen LogP contribution in [0.2, 0.25) is 0 Å². The molecule has 2 heterocycles. The Balaban J connectivity index is 2.46. The molecule has 0 N–H and O–H groups in total. The van der Waals surface area contributed by atoms with E-state index in [1.54, 1.807) is 13.8 Å². The van der Waals surface area contributed by atoms with E-state index in [0.29, 0.717) is 6.61 Å². The Kier molecular flexibility index (Phi) is 3.39. The Morgan fingerprint density at radius 3 is 2.83 bits per heavy atom. The highest BCUT2D eigenvalue weighted by Gasteiger charge is 2.41. The Morgan fingerprint density at radius 1 is 1.50 bits per heavy atom. The van der Waals surface area contributed by atoms with E-state index in [2.05, 4.69) is 4.98 Å². The maximum Gasteiger partial charge on any atom is 0.264 e. The van der Waals surface area contributed by atoms with Crippen molar-refractivity contribution in [1.29, 1.82) is 0 Å². The number of hydrogen-bond acceptors (Lipinski definition) is 4. The fraction of sp³-hybridized carbons (Fsp3) is 0.545. The van der Waals surface area contributed by atoms with Crippen LogP contribution >= 0.6 is 0 Å². The van der Waals surface area contributed by atoms with Crippen molar-refractivity contribution >= 4 is 10.0 Å². The summed E-state index contributed by atoms with van der Waals surface area (Å²) in [7, 11) is -3.93. The van der Waals surface area contributed by atoms with E-state index in [1.807, 2.05) is 0 Å². The van der Waals surface area contributed by atoms with Gasteiger partial charge in [-0.15, -0.1) is 0 Å². The number of halogens is 1. The summed E-state index contributed by atoms with van der Waals surface area (Å²) in [5.74, 6) is -0.834. The van der Waals surface area contributed by atoms with Gasteiger partial charge in [0.2, 0.25) is 5.03 Å². The van der Waals surface area contributed by atoms with E-state index >= 15 is 0 Å². The van der Waals surface area contributed by atoms with E-state index in [9.17, 15) is 12.8 Å². The number of sulfonamides is 1. The molecular weight excluding hydrogens is 259 g/mol. The van der Waals surface area contributed by atoms with Crippen LogP contribution in [0.4, 0.5) is 4.39 Å². The predicted octanol–water partition coefficient (Wildman–Crippen LogP) is 1.02. The molecule has 0 unspecified atom stereocenters. The average Bonchev–Trinajstić information content (AvgIpc) is 2.28. The van der Waals surface area contributed by atoms with Crippen LogP contribution in [0.1, 0.15) is 13.8 Å². The van der Waals surface area contributed by atoms with Crippen molar-refractivity contribution in [1.82, 2.24) is 9.29 Å². The van der Waals surface area contributed by atoms with Gasteiger partial charge < -0.3 is 4.74 Å². The lowest BCUT2D eigenvalue weighted by molar-refractivity contribution is -0.00791. The molecule has 0 atom stereocenters. The van der Waals surface area contributed by atoms with Crippen molar-refractivity contribution in [2.45, 2.75) is 24.4 Å². The molecule has 18 heavy (non-hydrogen) atoms. The first-order valence-electron chi connectivity index (χ1n) is 5.57. The van der Waals surface area contributed by atoms with Gasteiger partial charge in [0.15, 0.2) is 5.82 Å². The highest BCUT2D eigenvalue weighted by molar-refractivity contribution is 7.89. The summed E-state index contributed by atoms with van der Waals surface area (Å²) in [5, 5.41) is -0.528. The molecule has 1 saturated heterocycles. The summed E-state index contributed by atoms with van der Waals surface area (Å²) < 4.78 is 44.9. The van der Waals surface area contributed by atoms with Crippen LogP contribution in [0.5, 0.6) is 0 Å². The summed E-state index contributed by atoms with van der Waals surface area (Å²) >= 11 is 0. The van der Waals surface area contributed by atoms with Gasteiger partial charge in [0.25, 0.3) is 10.0 Å². The van der Waals surface area contributed by atoms with Crippen LogP contribution in [-0.2, 0) is 14.8 Å². The van der Waals surface area contributed by atoms with Gasteiger partial charge in [0, 0.05) is 12.7 Å². The number of pyridine rings is 1. The standard InChI is InChI=1S/C11H15FN2O3S/c1-11(2)8-17-7-6-14(11)18(15,16)10-9(12)4-3-5-13-10/h3-5H,6-8H2,1-2H3. The molecule has 0 saturated carbocycles. The van der Waals surface area contributed by atoms with Gasteiger partial charge in [-0.3, -0.25) is 0 Å². The van der Waals surface area contributed by atoms with Crippen molar-refractivity contribution in [3.05, 3.63) is 24.1 Å². The second-order valence-corrected chi connectivity index (χ2v) is 6.51. The van der Waals surface area contributed by atoms with Gasteiger partial charge in [-0.2, -0.15) is 4.31 Å². The SMILES string of the molecule is CC1(C)COCCN1S(=O)(=O)c1ncccc1F. The van der Waals surface area contributed by atoms with Crippen LogP contribution in [-0.4, -0.2) is 43.0 Å². The lowest BCUT2D eigenvalue weighted by Crippen LogP contribution is -2.55. The first-order valence-corrected chi connectivity index (χ1v) is 7.01. The van der Waals surface area contributed by atoms with Crippen LogP contribution in [0.3, 0.4) is 0 Å². The first kappa shape index (κ1) is 13.4. The summed E-state index contributed by atoms with van der Waals surface area (Å²) in [6.45, 7) is 4.26. The van der Waals surface area contributed by atoms with Crippen molar-refractivity contribution in [3.63, 3.8) is 0 Å². The minimum Gasteiger partial charge on any atom is -0.378 e. The first-order chi connectivity index (χ1) is 8.36. The predicted molar refractivity (Wildman–Crippen MR) is 63.0 cm³/mol. The molecule has 0 amide bonds. The van der Waals surface area contributed by atoms with E-state index < -0.39 is 26.4 Å². The van der Waals surface area contributed by atoms with Crippen molar-refractivity contribution in [3.8, 4) is 0 Å². The van der Waals surface area contributed by atoms with Crippen molar-refractivity contribution < 1.29 is 17.5 Å². The molecule has 0 aromatic carbocycles. The van der Waals surface area contributed by atoms with Crippen LogP contribution in [0, 0.1) is 5.82 Å². The van der Waals surface area contributed by atoms with Gasteiger partial charge in [-0.05, 0) is 26.0 Å². The second-order valence-electron chi connectivity index (χ2n) is 4.73. The van der Waals surface area contributed by atoms with Crippen molar-refractivity contribution in [2.75, 3.05) is 19.8 Å². The molecule has 2 rings (SSSR count). The van der Waals surface area contributed by atoms with Gasteiger partial charge >= 0.3 is 0 Å². The highest BCUT2D eigenvalue weighted by atomic mass is 32.2. The maximum atomic E-state index is 13.6. The summed E-state index contributed by atoms with van der Waals surface area (Å²) in [5.41, 5.74) is -0.707. The Morgan fingerprint density at radius 2 is 2.22 bits per heavy atom. The molecule has 1 aliphatic heterocycles. The van der Waals surface area contributed by atoms with E-state index in [1.165, 1.54) is 16.6 Å². The van der Waals surface area contributed by atoms with Crippen LogP contribution in [0.15, 0.2) is 23.4 Å².